The van der Waals surface area contributed by atoms with Crippen molar-refractivity contribution in [3.8, 4) is 0 Å². The molecular formula is C16H31F3N4. The molecule has 136 valence electrons. The van der Waals surface area contributed by atoms with Crippen LogP contribution in [0.4, 0.5) is 13.2 Å². The predicted octanol–water partition coefficient (Wildman–Crippen LogP) is 3.15. The third kappa shape index (κ3) is 9.03. The van der Waals surface area contributed by atoms with Crippen LogP contribution >= 0.6 is 0 Å². The van der Waals surface area contributed by atoms with Gasteiger partial charge in [0.15, 0.2) is 5.96 Å². The Balaban J connectivity index is 2.49. The predicted molar refractivity (Wildman–Crippen MR) is 88.8 cm³/mol. The van der Waals surface area contributed by atoms with E-state index in [0.717, 1.165) is 19.5 Å². The van der Waals surface area contributed by atoms with Gasteiger partial charge in [0, 0.05) is 19.1 Å². The highest BCUT2D eigenvalue weighted by molar-refractivity contribution is 5.79. The van der Waals surface area contributed by atoms with Gasteiger partial charge in [-0.15, -0.1) is 0 Å². The first-order valence-corrected chi connectivity index (χ1v) is 8.79. The number of aliphatic imine (C=N–C) groups is 1. The third-order valence-corrected chi connectivity index (χ3v) is 4.05. The van der Waals surface area contributed by atoms with E-state index in [9.17, 15) is 13.2 Å². The van der Waals surface area contributed by atoms with Gasteiger partial charge in [-0.3, -0.25) is 9.89 Å². The van der Waals surface area contributed by atoms with Gasteiger partial charge in [0.1, 0.15) is 0 Å². The first-order chi connectivity index (χ1) is 11.0. The summed E-state index contributed by atoms with van der Waals surface area (Å²) in [5, 5.41) is 5.79. The van der Waals surface area contributed by atoms with Crippen molar-refractivity contribution in [2.75, 3.05) is 32.7 Å². The zero-order valence-corrected chi connectivity index (χ0v) is 14.4. The van der Waals surface area contributed by atoms with Crippen LogP contribution in [0.5, 0.6) is 0 Å². The van der Waals surface area contributed by atoms with Gasteiger partial charge >= 0.3 is 6.18 Å². The molecule has 1 aliphatic heterocycles. The highest BCUT2D eigenvalue weighted by Gasteiger charge is 2.26. The van der Waals surface area contributed by atoms with Crippen LogP contribution in [0.15, 0.2) is 4.99 Å². The summed E-state index contributed by atoms with van der Waals surface area (Å²) in [5.74, 6) is 0.484. The zero-order chi connectivity index (χ0) is 17.1. The molecule has 0 amide bonds. The number of likely N-dealkylation sites (tertiary alicyclic amines) is 1. The number of nitrogens with zero attached hydrogens (tertiary/aromatic N) is 2. The molecule has 0 spiro atoms. The summed E-state index contributed by atoms with van der Waals surface area (Å²) in [5.41, 5.74) is 0. The van der Waals surface area contributed by atoms with Crippen molar-refractivity contribution in [3.63, 3.8) is 0 Å². The Morgan fingerprint density at radius 1 is 1.22 bits per heavy atom. The molecular weight excluding hydrogens is 305 g/mol. The monoisotopic (exact) mass is 336 g/mol. The average molecular weight is 336 g/mol. The van der Waals surface area contributed by atoms with Crippen LogP contribution in [0.2, 0.25) is 0 Å². The van der Waals surface area contributed by atoms with Crippen LogP contribution in [0, 0.1) is 0 Å². The van der Waals surface area contributed by atoms with E-state index in [-0.39, 0.29) is 6.54 Å². The first-order valence-electron chi connectivity index (χ1n) is 8.79. The Hall–Kier alpha value is -0.980. The number of hydrogen-bond donors (Lipinski definition) is 2. The molecule has 1 unspecified atom stereocenters. The molecule has 4 nitrogen and oxygen atoms in total. The van der Waals surface area contributed by atoms with Crippen LogP contribution in [-0.2, 0) is 0 Å². The van der Waals surface area contributed by atoms with Crippen molar-refractivity contribution >= 4 is 5.96 Å². The van der Waals surface area contributed by atoms with Crippen LogP contribution in [0.3, 0.4) is 0 Å². The largest absolute Gasteiger partial charge is 0.390 e. The molecule has 23 heavy (non-hydrogen) atoms. The molecule has 1 aliphatic rings. The van der Waals surface area contributed by atoms with Gasteiger partial charge in [-0.1, -0.05) is 19.8 Å². The molecule has 2 N–H and O–H groups in total. The summed E-state index contributed by atoms with van der Waals surface area (Å²) in [6, 6.07) is 0.411. The summed E-state index contributed by atoms with van der Waals surface area (Å²) in [6.07, 6.45) is 0.941. The lowest BCUT2D eigenvalue weighted by Gasteiger charge is -2.35. The van der Waals surface area contributed by atoms with E-state index in [4.69, 9.17) is 0 Å². The Kier molecular flexibility index (Phi) is 9.36. The fourth-order valence-electron chi connectivity index (χ4n) is 2.78. The second kappa shape index (κ2) is 10.7. The third-order valence-electron chi connectivity index (χ3n) is 4.05. The van der Waals surface area contributed by atoms with Gasteiger partial charge in [0.25, 0.3) is 0 Å². The minimum absolute atomic E-state index is 0.139. The number of nitrogens with one attached hydrogen (secondary N) is 2. The lowest BCUT2D eigenvalue weighted by Crippen LogP contribution is -2.44. The maximum absolute atomic E-state index is 12.2. The second-order valence-electron chi connectivity index (χ2n) is 6.05. The summed E-state index contributed by atoms with van der Waals surface area (Å²) < 4.78 is 36.7. The number of hydrogen-bond acceptors (Lipinski definition) is 2. The van der Waals surface area contributed by atoms with Gasteiger partial charge < -0.3 is 10.6 Å². The number of guanidine groups is 1. The summed E-state index contributed by atoms with van der Waals surface area (Å²) in [6.45, 7) is 7.44. The number of rotatable bonds is 8. The molecule has 1 saturated heterocycles. The molecule has 1 rings (SSSR count). The minimum Gasteiger partial charge on any atom is -0.357 e. The fraction of sp³-hybridized carbons (Fsp3) is 0.938. The van der Waals surface area contributed by atoms with Crippen molar-refractivity contribution in [2.24, 2.45) is 4.99 Å². The van der Waals surface area contributed by atoms with Crippen molar-refractivity contribution < 1.29 is 13.2 Å². The molecule has 0 saturated carbocycles. The summed E-state index contributed by atoms with van der Waals surface area (Å²) >= 11 is 0. The lowest BCUT2D eigenvalue weighted by molar-refractivity contribution is -0.132. The van der Waals surface area contributed by atoms with Crippen molar-refractivity contribution in [1.29, 1.82) is 0 Å². The van der Waals surface area contributed by atoms with Gasteiger partial charge in [-0.25, -0.2) is 0 Å². The fourth-order valence-corrected chi connectivity index (χ4v) is 2.78. The van der Waals surface area contributed by atoms with Gasteiger partial charge in [0.05, 0.1) is 13.0 Å². The van der Waals surface area contributed by atoms with E-state index in [1.165, 1.54) is 25.7 Å². The quantitative estimate of drug-likeness (QED) is 0.528. The standard InChI is InChI=1S/C16H31F3N4/c1-3-5-11-23-12-7-6-8-14(23)13-22-15(20-4-2)21-10-9-16(17,18)19/h14H,3-13H2,1-2H3,(H2,20,21,22). The maximum Gasteiger partial charge on any atom is 0.390 e. The number of alkyl halides is 3. The normalized spacial score (nSPS) is 20.6. The Morgan fingerprint density at radius 2 is 2.00 bits per heavy atom. The summed E-state index contributed by atoms with van der Waals surface area (Å²) in [4.78, 5) is 6.98. The Bertz CT molecular complexity index is 345. The van der Waals surface area contributed by atoms with E-state index in [2.05, 4.69) is 27.4 Å². The maximum atomic E-state index is 12.2. The van der Waals surface area contributed by atoms with Crippen LogP contribution in [0.1, 0.15) is 52.4 Å². The second-order valence-corrected chi connectivity index (χ2v) is 6.05. The van der Waals surface area contributed by atoms with Crippen LogP contribution in [-0.4, -0.2) is 55.8 Å². The highest BCUT2D eigenvalue weighted by Crippen LogP contribution is 2.19. The zero-order valence-electron chi connectivity index (χ0n) is 14.4. The average Bonchev–Trinajstić information content (AvgIpc) is 2.50. The van der Waals surface area contributed by atoms with Crippen LogP contribution < -0.4 is 10.6 Å². The molecule has 1 fully saturated rings. The van der Waals surface area contributed by atoms with Crippen molar-refractivity contribution in [3.05, 3.63) is 0 Å². The number of unbranched alkanes of at least 4 members (excludes halogenated alkanes) is 1. The number of halogens is 3. The van der Waals surface area contributed by atoms with Crippen molar-refractivity contribution in [1.82, 2.24) is 15.5 Å². The molecule has 0 aromatic carbocycles. The molecule has 0 aliphatic carbocycles. The summed E-state index contributed by atoms with van der Waals surface area (Å²) in [7, 11) is 0. The van der Waals surface area contributed by atoms with E-state index < -0.39 is 12.6 Å². The molecule has 0 aromatic heterocycles. The molecule has 0 bridgehead atoms. The SMILES string of the molecule is CCCCN1CCCCC1CN=C(NCC)NCCC(F)(F)F. The van der Waals surface area contributed by atoms with E-state index in [1.807, 2.05) is 6.92 Å². The first kappa shape index (κ1) is 20.1. The van der Waals surface area contributed by atoms with Crippen molar-refractivity contribution in [2.45, 2.75) is 64.6 Å². The highest BCUT2D eigenvalue weighted by atomic mass is 19.4. The molecule has 0 radical (unpaired) electrons. The smallest absolute Gasteiger partial charge is 0.357 e. The van der Waals surface area contributed by atoms with Gasteiger partial charge in [-0.05, 0) is 39.3 Å². The lowest BCUT2D eigenvalue weighted by atomic mass is 10.0. The minimum atomic E-state index is -4.13. The molecule has 1 heterocycles. The molecule has 1 atom stereocenters. The molecule has 7 heteroatoms. The van der Waals surface area contributed by atoms with E-state index in [0.29, 0.717) is 25.1 Å². The molecule has 0 aromatic rings. The topological polar surface area (TPSA) is 39.7 Å². The Morgan fingerprint density at radius 3 is 2.65 bits per heavy atom. The van der Waals surface area contributed by atoms with Gasteiger partial charge in [0.2, 0.25) is 0 Å². The van der Waals surface area contributed by atoms with Crippen LogP contribution in [0.25, 0.3) is 0 Å². The van der Waals surface area contributed by atoms with E-state index in [1.54, 1.807) is 0 Å². The number of piperidine rings is 1. The Labute approximate surface area is 137 Å². The van der Waals surface area contributed by atoms with Gasteiger partial charge in [-0.2, -0.15) is 13.2 Å². The van der Waals surface area contributed by atoms with E-state index >= 15 is 0 Å².